The number of hydrogen-bond acceptors (Lipinski definition) is 14. The highest BCUT2D eigenvalue weighted by Crippen LogP contribution is 2.19. The molecule has 2 aromatic heterocycles. The van der Waals surface area contributed by atoms with Gasteiger partial charge in [-0.1, -0.05) is 23.2 Å². The highest BCUT2D eigenvalue weighted by Gasteiger charge is 2.25. The van der Waals surface area contributed by atoms with Gasteiger partial charge in [0.2, 0.25) is 0 Å². The minimum Gasteiger partial charge on any atom is -0.382 e. The van der Waals surface area contributed by atoms with Crippen LogP contribution in [0.1, 0.15) is 21.0 Å². The van der Waals surface area contributed by atoms with Gasteiger partial charge in [0.05, 0.1) is 39.5 Å². The number of rotatable bonds is 11. The summed E-state index contributed by atoms with van der Waals surface area (Å²) in [6, 6.07) is 0. The number of amides is 2. The van der Waals surface area contributed by atoms with Gasteiger partial charge in [-0.05, 0) is 0 Å². The summed E-state index contributed by atoms with van der Waals surface area (Å²) in [4.78, 5) is 42.1. The maximum absolute atomic E-state index is 12.7. The topological polar surface area (TPSA) is 314 Å². The van der Waals surface area contributed by atoms with Crippen molar-refractivity contribution in [1.29, 1.82) is 10.8 Å². The normalized spacial score (nSPS) is 10.2. The molecule has 18 nitrogen and oxygen atoms in total. The molecule has 0 unspecified atom stereocenters. The van der Waals surface area contributed by atoms with Gasteiger partial charge in [-0.15, -0.1) is 24.8 Å². The number of ether oxygens (including phenoxy) is 2. The summed E-state index contributed by atoms with van der Waals surface area (Å²) < 4.78 is 10.8. The number of aromatic nitrogens is 4. The van der Waals surface area contributed by atoms with Crippen LogP contribution in [0.4, 0.5) is 23.3 Å². The van der Waals surface area contributed by atoms with Crippen molar-refractivity contribution in [2.24, 2.45) is 11.5 Å². The molecule has 0 saturated carbocycles. The van der Waals surface area contributed by atoms with Crippen LogP contribution in [0.5, 0.6) is 0 Å². The average molecular weight is 646 g/mol. The lowest BCUT2D eigenvalue weighted by Gasteiger charge is -2.21. The van der Waals surface area contributed by atoms with Gasteiger partial charge < -0.3 is 43.9 Å². The number of carbonyl (C=O) groups is 2. The average Bonchev–Trinajstić information content (AvgIpc) is 2.83. The molecule has 222 valence electrons. The molecule has 2 amide bonds. The number of nitrogens with two attached hydrogens (primary N) is 6. The Morgan fingerprint density at radius 1 is 0.650 bits per heavy atom. The van der Waals surface area contributed by atoms with Crippen molar-refractivity contribution in [3.05, 3.63) is 21.7 Å². The molecule has 40 heavy (non-hydrogen) atoms. The van der Waals surface area contributed by atoms with Crippen LogP contribution in [0.15, 0.2) is 0 Å². The molecule has 0 bridgehead atoms. The second kappa shape index (κ2) is 16.4. The molecule has 0 saturated heterocycles. The predicted octanol–water partition coefficient (Wildman–Crippen LogP) is -0.849. The number of nitrogens with one attached hydrogen (secondary N) is 2. The van der Waals surface area contributed by atoms with Crippen LogP contribution in [0.2, 0.25) is 10.3 Å². The third-order valence-electron chi connectivity index (χ3n) is 4.58. The van der Waals surface area contributed by atoms with E-state index in [1.165, 1.54) is 0 Å². The van der Waals surface area contributed by atoms with Gasteiger partial charge in [0.15, 0.2) is 56.9 Å². The second-order valence-electron chi connectivity index (χ2n) is 7.18. The van der Waals surface area contributed by atoms with E-state index in [0.717, 1.165) is 9.80 Å². The third-order valence-corrected chi connectivity index (χ3v) is 5.13. The molecular weight excluding hydrogens is 618 g/mol. The molecule has 0 radical (unpaired) electrons. The molecule has 0 aliphatic rings. The molecule has 22 heteroatoms. The smallest absolute Gasteiger partial charge is 0.283 e. The highest BCUT2D eigenvalue weighted by molar-refractivity contribution is 6.32. The largest absolute Gasteiger partial charge is 0.382 e. The SMILES string of the molecule is Cl.Cl.N=C(N)N(CCOCCOCCN(C(=N)N)C(=O)c1nc(Cl)c(N)nc1N)C(=O)c1nc(Cl)c(N)nc1N. The summed E-state index contributed by atoms with van der Waals surface area (Å²) in [5, 5.41) is 14.8. The van der Waals surface area contributed by atoms with E-state index in [1.807, 2.05) is 0 Å². The Balaban J connectivity index is 0.00000760. The van der Waals surface area contributed by atoms with E-state index >= 15 is 0 Å². The number of guanidine groups is 2. The maximum Gasteiger partial charge on any atom is 0.283 e. The zero-order valence-corrected chi connectivity index (χ0v) is 23.7. The van der Waals surface area contributed by atoms with E-state index in [9.17, 15) is 9.59 Å². The quantitative estimate of drug-likeness (QED) is 0.0838. The number of nitrogens with zero attached hydrogens (tertiary/aromatic N) is 6. The molecule has 14 N–H and O–H groups in total. The van der Waals surface area contributed by atoms with Gasteiger partial charge >= 0.3 is 0 Å². The van der Waals surface area contributed by atoms with Crippen molar-refractivity contribution < 1.29 is 19.1 Å². The van der Waals surface area contributed by atoms with Crippen molar-refractivity contribution in [3.63, 3.8) is 0 Å². The van der Waals surface area contributed by atoms with Crippen molar-refractivity contribution in [3.8, 4) is 0 Å². The Kier molecular flexibility index (Phi) is 14.9. The molecule has 0 atom stereocenters. The third kappa shape index (κ3) is 9.50. The summed E-state index contributed by atoms with van der Waals surface area (Å²) in [6.45, 7) is -0.130. The van der Waals surface area contributed by atoms with Crippen LogP contribution in [0.25, 0.3) is 0 Å². The molecule has 0 aromatic carbocycles. The Hall–Kier alpha value is -3.68. The zero-order chi connectivity index (χ0) is 28.6. The van der Waals surface area contributed by atoms with Crippen LogP contribution in [0.3, 0.4) is 0 Å². The number of anilines is 4. The van der Waals surface area contributed by atoms with Crippen molar-refractivity contribution in [1.82, 2.24) is 29.7 Å². The molecule has 0 aliphatic heterocycles. The Labute approximate surface area is 249 Å². The zero-order valence-electron chi connectivity index (χ0n) is 20.6. The lowest BCUT2D eigenvalue weighted by molar-refractivity contribution is 0.0373. The van der Waals surface area contributed by atoms with Gasteiger partial charge in [0.1, 0.15) is 0 Å². The van der Waals surface area contributed by atoms with E-state index in [-0.39, 0.29) is 109 Å². The predicted molar refractivity (Wildman–Crippen MR) is 154 cm³/mol. The molecular formula is C18H28Cl4N14O4. The summed E-state index contributed by atoms with van der Waals surface area (Å²) in [6.07, 6.45) is 0. The van der Waals surface area contributed by atoms with E-state index in [2.05, 4.69) is 19.9 Å². The molecule has 2 rings (SSSR count). The minimum atomic E-state index is -0.814. The van der Waals surface area contributed by atoms with E-state index in [0.29, 0.717) is 0 Å². The van der Waals surface area contributed by atoms with Crippen LogP contribution in [-0.4, -0.2) is 93.0 Å². The van der Waals surface area contributed by atoms with Gasteiger partial charge in [-0.2, -0.15) is 0 Å². The lowest BCUT2D eigenvalue weighted by Crippen LogP contribution is -2.44. The van der Waals surface area contributed by atoms with Gasteiger partial charge in [-0.3, -0.25) is 30.2 Å². The number of halogens is 4. The highest BCUT2D eigenvalue weighted by atomic mass is 35.5. The Morgan fingerprint density at radius 2 is 0.975 bits per heavy atom. The van der Waals surface area contributed by atoms with E-state index < -0.39 is 23.7 Å². The lowest BCUT2D eigenvalue weighted by atomic mass is 10.3. The van der Waals surface area contributed by atoms with Gasteiger partial charge in [0, 0.05) is 0 Å². The number of carbonyl (C=O) groups excluding carboxylic acids is 2. The monoisotopic (exact) mass is 644 g/mol. The molecule has 0 fully saturated rings. The van der Waals surface area contributed by atoms with Crippen LogP contribution >= 0.6 is 48.0 Å². The second-order valence-corrected chi connectivity index (χ2v) is 7.89. The minimum absolute atomic E-state index is 0. The van der Waals surface area contributed by atoms with Crippen molar-refractivity contribution >= 4 is 95.0 Å². The fourth-order valence-electron chi connectivity index (χ4n) is 2.75. The van der Waals surface area contributed by atoms with Crippen LogP contribution < -0.4 is 34.4 Å². The van der Waals surface area contributed by atoms with Crippen LogP contribution in [-0.2, 0) is 9.47 Å². The standard InChI is InChI=1S/C18H26Cl2N14O4.2ClH/c19-9-13(23)31-11(21)7(29-9)15(35)33(17(25)26)1-3-37-5-6-38-4-2-34(18(27)28)16(36)8-12(22)32-14(24)10(20)30-8;;/h1-6H2,(H3,25,26)(H3,27,28)(H4,21,23,31)(H4,22,24,32);2*1H. The maximum atomic E-state index is 12.7. The van der Waals surface area contributed by atoms with Crippen molar-refractivity contribution in [2.45, 2.75) is 0 Å². The van der Waals surface area contributed by atoms with E-state index in [1.54, 1.807) is 0 Å². The fraction of sp³-hybridized carbons (Fsp3) is 0.333. The Bertz CT molecular complexity index is 1140. The summed E-state index contributed by atoms with van der Waals surface area (Å²) in [5.74, 6) is -3.63. The van der Waals surface area contributed by atoms with Gasteiger partial charge in [0.25, 0.3) is 11.8 Å². The molecule has 2 heterocycles. The molecule has 2 aromatic rings. The van der Waals surface area contributed by atoms with Crippen LogP contribution in [0, 0.1) is 10.8 Å². The first kappa shape index (κ1) is 36.3. The first-order valence-electron chi connectivity index (χ1n) is 10.5. The fourth-order valence-corrected chi connectivity index (χ4v) is 3.00. The summed E-state index contributed by atoms with van der Waals surface area (Å²) in [5.41, 5.74) is 32.7. The first-order chi connectivity index (χ1) is 17.8. The summed E-state index contributed by atoms with van der Waals surface area (Å²) >= 11 is 11.6. The van der Waals surface area contributed by atoms with Crippen molar-refractivity contribution in [2.75, 3.05) is 62.5 Å². The Morgan fingerprint density at radius 3 is 1.27 bits per heavy atom. The first-order valence-corrected chi connectivity index (χ1v) is 11.2. The summed E-state index contributed by atoms with van der Waals surface area (Å²) in [7, 11) is 0. The number of nitrogen functional groups attached to an aromatic ring is 4. The van der Waals surface area contributed by atoms with Gasteiger partial charge in [-0.25, -0.2) is 19.9 Å². The number of hydrogen-bond donors (Lipinski definition) is 8. The molecule has 0 spiro atoms. The molecule has 0 aliphatic carbocycles. The van der Waals surface area contributed by atoms with E-state index in [4.69, 9.17) is 77.9 Å².